The number of phenolic OH excluding ortho intramolecular Hbond substituents is 1. The van der Waals surface area contributed by atoms with Crippen LogP contribution < -0.4 is 5.32 Å². The van der Waals surface area contributed by atoms with Gasteiger partial charge in [-0.1, -0.05) is 0 Å². The molecule has 0 aliphatic carbocycles. The molecule has 0 aliphatic heterocycles. The topological polar surface area (TPSA) is 54.3 Å². The van der Waals surface area contributed by atoms with Crippen LogP contribution in [0.4, 0.5) is 5.69 Å². The molecule has 17 heavy (non-hydrogen) atoms. The molecule has 0 radical (unpaired) electrons. The van der Waals surface area contributed by atoms with Gasteiger partial charge in [0.1, 0.15) is 11.4 Å². The number of aromatic hydroxyl groups is 1. The molecule has 1 amide bonds. The van der Waals surface area contributed by atoms with Gasteiger partial charge >= 0.3 is 0 Å². The van der Waals surface area contributed by atoms with Gasteiger partial charge < -0.3 is 15.0 Å². The molecule has 0 aliphatic rings. The van der Waals surface area contributed by atoms with Gasteiger partial charge in [-0.3, -0.25) is 4.79 Å². The summed E-state index contributed by atoms with van der Waals surface area (Å²) in [4.78, 5) is 11.9. The molecular formula is C13H14N2O2. The van der Waals surface area contributed by atoms with Gasteiger partial charge in [0.25, 0.3) is 5.91 Å². The summed E-state index contributed by atoms with van der Waals surface area (Å²) >= 11 is 0. The predicted molar refractivity (Wildman–Crippen MR) is 66.2 cm³/mol. The number of hydrogen-bond acceptors (Lipinski definition) is 2. The fourth-order valence-corrected chi connectivity index (χ4v) is 1.63. The van der Waals surface area contributed by atoms with Crippen LogP contribution in [0, 0.1) is 6.92 Å². The highest BCUT2D eigenvalue weighted by Crippen LogP contribution is 2.20. The van der Waals surface area contributed by atoms with E-state index in [1.165, 1.54) is 0 Å². The summed E-state index contributed by atoms with van der Waals surface area (Å²) in [5.74, 6) is 0.0597. The molecule has 0 saturated carbocycles. The van der Waals surface area contributed by atoms with Crippen molar-refractivity contribution in [3.63, 3.8) is 0 Å². The van der Waals surface area contributed by atoms with E-state index in [2.05, 4.69) is 5.32 Å². The minimum absolute atomic E-state index is 0.164. The number of carbonyl (C=O) groups excluding carboxylic acids is 1. The number of benzene rings is 1. The summed E-state index contributed by atoms with van der Waals surface area (Å²) in [7, 11) is 1.82. The fourth-order valence-electron chi connectivity index (χ4n) is 1.63. The van der Waals surface area contributed by atoms with E-state index in [-0.39, 0.29) is 11.7 Å². The first kappa shape index (κ1) is 11.3. The molecule has 4 heteroatoms. The summed E-state index contributed by atoms with van der Waals surface area (Å²) in [6.07, 6.45) is 1.82. The van der Waals surface area contributed by atoms with Crippen LogP contribution in [0.2, 0.25) is 0 Å². The Morgan fingerprint density at radius 1 is 1.35 bits per heavy atom. The van der Waals surface area contributed by atoms with E-state index in [9.17, 15) is 9.90 Å². The van der Waals surface area contributed by atoms with Crippen molar-refractivity contribution in [2.24, 2.45) is 7.05 Å². The number of hydrogen-bond donors (Lipinski definition) is 2. The third kappa shape index (κ3) is 2.30. The summed E-state index contributed by atoms with van der Waals surface area (Å²) in [6.45, 7) is 1.79. The van der Waals surface area contributed by atoms with Gasteiger partial charge in [0, 0.05) is 18.9 Å². The highest BCUT2D eigenvalue weighted by Gasteiger charge is 2.09. The second-order valence-corrected chi connectivity index (χ2v) is 3.96. The molecule has 0 fully saturated rings. The van der Waals surface area contributed by atoms with Gasteiger partial charge in [0.2, 0.25) is 0 Å². The lowest BCUT2D eigenvalue weighted by molar-refractivity contribution is 0.101. The Kier molecular flexibility index (Phi) is 2.87. The van der Waals surface area contributed by atoms with Gasteiger partial charge in [-0.15, -0.1) is 0 Å². The maximum atomic E-state index is 11.9. The zero-order valence-electron chi connectivity index (χ0n) is 9.77. The molecule has 2 rings (SSSR count). The smallest absolute Gasteiger partial charge is 0.272 e. The standard InChI is InChI=1S/C13H14N2O2/c1-9-8-10(5-6-12(9)16)14-13(17)11-4-3-7-15(11)2/h3-8,16H,1-2H3,(H,14,17). The van der Waals surface area contributed by atoms with E-state index in [0.717, 1.165) is 5.56 Å². The first-order valence-electron chi connectivity index (χ1n) is 5.30. The highest BCUT2D eigenvalue weighted by atomic mass is 16.3. The minimum atomic E-state index is -0.164. The Hall–Kier alpha value is -2.23. The SMILES string of the molecule is Cc1cc(NC(=O)c2cccn2C)ccc1O. The van der Waals surface area contributed by atoms with E-state index in [1.54, 1.807) is 35.8 Å². The van der Waals surface area contributed by atoms with Crippen molar-refractivity contribution in [3.8, 4) is 5.75 Å². The lowest BCUT2D eigenvalue weighted by Crippen LogP contribution is -2.15. The molecule has 0 atom stereocenters. The Morgan fingerprint density at radius 2 is 2.12 bits per heavy atom. The first-order valence-corrected chi connectivity index (χ1v) is 5.30. The van der Waals surface area contributed by atoms with Gasteiger partial charge in [-0.2, -0.15) is 0 Å². The van der Waals surface area contributed by atoms with Crippen LogP contribution in [0.15, 0.2) is 36.5 Å². The lowest BCUT2D eigenvalue weighted by Gasteiger charge is -2.07. The van der Waals surface area contributed by atoms with Crippen LogP contribution in [0.5, 0.6) is 5.75 Å². The van der Waals surface area contributed by atoms with E-state index < -0.39 is 0 Å². The third-order valence-corrected chi connectivity index (χ3v) is 2.63. The summed E-state index contributed by atoms with van der Waals surface area (Å²) < 4.78 is 1.75. The molecule has 2 N–H and O–H groups in total. The average Bonchev–Trinajstić information content (AvgIpc) is 2.70. The Balaban J connectivity index is 2.19. The summed E-state index contributed by atoms with van der Waals surface area (Å²) in [5, 5.41) is 12.2. The number of carbonyl (C=O) groups is 1. The van der Waals surface area contributed by atoms with Crippen LogP contribution in [-0.4, -0.2) is 15.6 Å². The second-order valence-electron chi connectivity index (χ2n) is 3.96. The Labute approximate surface area is 99.5 Å². The molecule has 0 spiro atoms. The van der Waals surface area contributed by atoms with Gasteiger partial charge in [0.05, 0.1) is 0 Å². The summed E-state index contributed by atoms with van der Waals surface area (Å²) in [6, 6.07) is 8.54. The van der Waals surface area contributed by atoms with Crippen molar-refractivity contribution < 1.29 is 9.90 Å². The maximum Gasteiger partial charge on any atom is 0.272 e. The normalized spacial score (nSPS) is 10.2. The lowest BCUT2D eigenvalue weighted by atomic mass is 10.2. The number of amides is 1. The largest absolute Gasteiger partial charge is 0.508 e. The van der Waals surface area contributed by atoms with Gasteiger partial charge in [-0.05, 0) is 42.8 Å². The number of anilines is 1. The third-order valence-electron chi connectivity index (χ3n) is 2.63. The van der Waals surface area contributed by atoms with Crippen molar-refractivity contribution in [2.45, 2.75) is 6.92 Å². The maximum absolute atomic E-state index is 11.9. The van der Waals surface area contributed by atoms with Crippen molar-refractivity contribution in [1.29, 1.82) is 0 Å². The molecule has 0 bridgehead atoms. The van der Waals surface area contributed by atoms with Gasteiger partial charge in [-0.25, -0.2) is 0 Å². The van der Waals surface area contributed by atoms with Crippen LogP contribution >= 0.6 is 0 Å². The molecule has 0 saturated heterocycles. The highest BCUT2D eigenvalue weighted by molar-refractivity contribution is 6.03. The number of aromatic nitrogens is 1. The number of nitrogens with zero attached hydrogens (tertiary/aromatic N) is 1. The molecule has 4 nitrogen and oxygen atoms in total. The van der Waals surface area contributed by atoms with Crippen LogP contribution in [0.25, 0.3) is 0 Å². The van der Waals surface area contributed by atoms with Crippen LogP contribution in [0.1, 0.15) is 16.1 Å². The fraction of sp³-hybridized carbons (Fsp3) is 0.154. The van der Waals surface area contributed by atoms with Crippen molar-refractivity contribution in [3.05, 3.63) is 47.8 Å². The van der Waals surface area contributed by atoms with Crippen molar-refractivity contribution in [1.82, 2.24) is 4.57 Å². The molecule has 1 aromatic carbocycles. The van der Waals surface area contributed by atoms with E-state index in [0.29, 0.717) is 11.4 Å². The zero-order chi connectivity index (χ0) is 12.4. The first-order chi connectivity index (χ1) is 8.08. The number of nitrogens with one attached hydrogen (secondary N) is 1. The van der Waals surface area contributed by atoms with E-state index in [1.807, 2.05) is 19.3 Å². The van der Waals surface area contributed by atoms with Crippen molar-refractivity contribution in [2.75, 3.05) is 5.32 Å². The number of phenols is 1. The molecular weight excluding hydrogens is 216 g/mol. The van der Waals surface area contributed by atoms with E-state index in [4.69, 9.17) is 0 Å². The van der Waals surface area contributed by atoms with E-state index >= 15 is 0 Å². The average molecular weight is 230 g/mol. The predicted octanol–water partition coefficient (Wildman–Crippen LogP) is 2.29. The number of rotatable bonds is 2. The minimum Gasteiger partial charge on any atom is -0.508 e. The number of aryl methyl sites for hydroxylation is 2. The summed E-state index contributed by atoms with van der Waals surface area (Å²) in [5.41, 5.74) is 2.00. The quantitative estimate of drug-likeness (QED) is 0.778. The van der Waals surface area contributed by atoms with Gasteiger partial charge in [0.15, 0.2) is 0 Å². The molecule has 88 valence electrons. The molecule has 0 unspecified atom stereocenters. The zero-order valence-corrected chi connectivity index (χ0v) is 9.77. The van der Waals surface area contributed by atoms with Crippen LogP contribution in [0.3, 0.4) is 0 Å². The Morgan fingerprint density at radius 3 is 2.71 bits per heavy atom. The van der Waals surface area contributed by atoms with Crippen molar-refractivity contribution >= 4 is 11.6 Å². The monoisotopic (exact) mass is 230 g/mol. The Bertz CT molecular complexity index is 558. The molecule has 1 heterocycles. The van der Waals surface area contributed by atoms with Crippen LogP contribution in [-0.2, 0) is 7.05 Å². The molecule has 1 aromatic heterocycles. The second kappa shape index (κ2) is 4.33. The molecule has 2 aromatic rings.